The van der Waals surface area contributed by atoms with Gasteiger partial charge in [-0.3, -0.25) is 4.57 Å². The van der Waals surface area contributed by atoms with Crippen LogP contribution in [0.25, 0.3) is 127 Å². The summed E-state index contributed by atoms with van der Waals surface area (Å²) >= 11 is 0. The van der Waals surface area contributed by atoms with Crippen LogP contribution in [0.3, 0.4) is 0 Å². The van der Waals surface area contributed by atoms with E-state index in [2.05, 4.69) is 246 Å². The molecular formula is C69H46N4O. The first kappa shape index (κ1) is 41.2. The molecule has 5 heterocycles. The van der Waals surface area contributed by atoms with E-state index in [1.54, 1.807) is 0 Å². The van der Waals surface area contributed by atoms with Gasteiger partial charge in [0.15, 0.2) is 0 Å². The second-order valence-corrected chi connectivity index (χ2v) is 20.7. The highest BCUT2D eigenvalue weighted by Crippen LogP contribution is 2.53. The molecule has 1 aliphatic carbocycles. The third kappa shape index (κ3) is 5.78. The normalized spacial score (nSPS) is 13.2. The molecule has 1 aliphatic rings. The van der Waals surface area contributed by atoms with Gasteiger partial charge in [-0.15, -0.1) is 0 Å². The lowest BCUT2D eigenvalue weighted by molar-refractivity contribution is 0.661. The summed E-state index contributed by atoms with van der Waals surface area (Å²) in [6.07, 6.45) is 2.76. The fourth-order valence-electron chi connectivity index (χ4n) is 13.0. The Bertz CT molecular complexity index is 4830. The van der Waals surface area contributed by atoms with Crippen molar-refractivity contribution in [2.45, 2.75) is 25.7 Å². The predicted octanol–water partition coefficient (Wildman–Crippen LogP) is 17.8. The number of aromatic nitrogens is 4. The lowest BCUT2D eigenvalue weighted by Crippen LogP contribution is -2.14. The molecule has 10 aromatic carbocycles. The lowest BCUT2D eigenvalue weighted by Gasteiger charge is -2.21. The summed E-state index contributed by atoms with van der Waals surface area (Å²) in [6, 6.07) is 82.1. The Morgan fingerprint density at radius 2 is 1.01 bits per heavy atom. The highest BCUT2D eigenvalue weighted by Gasteiger charge is 2.37. The average Bonchev–Trinajstić information content (AvgIpc) is 4.29. The van der Waals surface area contributed by atoms with Crippen molar-refractivity contribution in [2.24, 2.45) is 0 Å². The van der Waals surface area contributed by atoms with E-state index in [9.17, 15) is 0 Å². The van der Waals surface area contributed by atoms with E-state index >= 15 is 0 Å². The van der Waals surface area contributed by atoms with Gasteiger partial charge in [-0.2, -0.15) is 0 Å². The van der Waals surface area contributed by atoms with Crippen LogP contribution in [0.15, 0.2) is 235 Å². The number of nitrogens with zero attached hydrogens (tertiary/aromatic N) is 4. The molecule has 0 spiro atoms. The maximum atomic E-state index is 6.43. The maximum Gasteiger partial charge on any atom is 0.137 e. The van der Waals surface area contributed by atoms with Gasteiger partial charge in [-0.25, -0.2) is 4.98 Å². The average molecular weight is 947 g/mol. The summed E-state index contributed by atoms with van der Waals surface area (Å²) in [5, 5.41) is 9.74. The molecule has 5 aromatic heterocycles. The van der Waals surface area contributed by atoms with Crippen molar-refractivity contribution >= 4 is 87.4 Å². The van der Waals surface area contributed by atoms with Crippen LogP contribution in [0.2, 0.25) is 0 Å². The van der Waals surface area contributed by atoms with Crippen molar-refractivity contribution < 1.29 is 4.42 Å². The first-order valence-corrected chi connectivity index (χ1v) is 25.6. The van der Waals surface area contributed by atoms with Crippen LogP contribution < -0.4 is 0 Å². The first-order chi connectivity index (χ1) is 36.5. The van der Waals surface area contributed by atoms with E-state index in [0.717, 1.165) is 51.1 Å². The summed E-state index contributed by atoms with van der Waals surface area (Å²) in [4.78, 5) is 5.06. The van der Waals surface area contributed by atoms with Crippen molar-refractivity contribution in [1.82, 2.24) is 18.7 Å². The van der Waals surface area contributed by atoms with Gasteiger partial charge in [-0.1, -0.05) is 141 Å². The minimum Gasteiger partial charge on any atom is -0.456 e. The Kier molecular flexibility index (Phi) is 8.51. The summed E-state index contributed by atoms with van der Waals surface area (Å²) in [6.45, 7) is 4.71. The summed E-state index contributed by atoms with van der Waals surface area (Å²) in [5.74, 6) is 0.933. The quantitative estimate of drug-likeness (QED) is 0.167. The fourth-order valence-corrected chi connectivity index (χ4v) is 13.0. The zero-order valence-corrected chi connectivity index (χ0v) is 40.8. The molecule has 0 radical (unpaired) electrons. The van der Waals surface area contributed by atoms with E-state index in [1.165, 1.54) is 104 Å². The van der Waals surface area contributed by atoms with Gasteiger partial charge >= 0.3 is 0 Å². The molecule has 15 aromatic rings. The van der Waals surface area contributed by atoms with Gasteiger partial charge in [-0.05, 0) is 148 Å². The monoisotopic (exact) mass is 946 g/mol. The standard InChI is InChI=1S/C69H46N4O/c1-69(2)54-20-10-6-17-49(54)65-55(69)30-33-61-66(65)50-18-8-12-22-57(50)73(61)64-40-43(36-37-70-64)38-42-24-31-58-52(39-42)48-16-7-11-21-56(48)71(58)47-28-25-44(26-29-47)45-27-32-59-53(41-45)67-60(72(59)46-14-4-3-5-15-46)34-35-63-68(67)51-19-9-13-23-62(51)74-63/h3-37,39-41H,38H2,1-2H3. The van der Waals surface area contributed by atoms with E-state index in [0.29, 0.717) is 0 Å². The number of furan rings is 1. The van der Waals surface area contributed by atoms with Gasteiger partial charge in [0.1, 0.15) is 17.0 Å². The van der Waals surface area contributed by atoms with Crippen molar-refractivity contribution in [1.29, 1.82) is 0 Å². The van der Waals surface area contributed by atoms with Crippen LogP contribution in [0.1, 0.15) is 36.1 Å². The molecule has 0 atom stereocenters. The predicted molar refractivity (Wildman–Crippen MR) is 307 cm³/mol. The third-order valence-electron chi connectivity index (χ3n) is 16.3. The second kappa shape index (κ2) is 15.3. The van der Waals surface area contributed by atoms with Crippen LogP contribution in [-0.2, 0) is 11.8 Å². The summed E-state index contributed by atoms with van der Waals surface area (Å²) in [5.41, 5.74) is 21.3. The molecule has 0 unspecified atom stereocenters. The van der Waals surface area contributed by atoms with Crippen LogP contribution >= 0.6 is 0 Å². The fraction of sp³-hybridized carbons (Fsp3) is 0.0580. The number of para-hydroxylation sites is 4. The molecular weight excluding hydrogens is 901 g/mol. The minimum atomic E-state index is -0.0735. The van der Waals surface area contributed by atoms with Gasteiger partial charge in [0.25, 0.3) is 0 Å². The summed E-state index contributed by atoms with van der Waals surface area (Å²) < 4.78 is 13.6. The van der Waals surface area contributed by atoms with E-state index in [1.807, 2.05) is 12.3 Å². The summed E-state index contributed by atoms with van der Waals surface area (Å²) in [7, 11) is 0. The van der Waals surface area contributed by atoms with Gasteiger partial charge in [0.05, 0.1) is 33.1 Å². The molecule has 74 heavy (non-hydrogen) atoms. The molecule has 0 saturated heterocycles. The molecule has 0 amide bonds. The highest BCUT2D eigenvalue weighted by molar-refractivity contribution is 6.28. The van der Waals surface area contributed by atoms with E-state index in [-0.39, 0.29) is 5.41 Å². The SMILES string of the molecule is CC1(C)c2ccccc2-c2c1ccc1c2c2ccccc2n1-c1cc(Cc2ccc3c(c2)c2ccccc2n3-c2ccc(-c3ccc4c(c3)c3c5c(ccc3n4-c3ccccc3)oc3ccccc35)cc2)ccn1. The molecule has 0 fully saturated rings. The van der Waals surface area contributed by atoms with Crippen molar-refractivity contribution in [3.8, 4) is 39.4 Å². The molecule has 0 N–H and O–H groups in total. The van der Waals surface area contributed by atoms with Gasteiger partial charge in [0.2, 0.25) is 0 Å². The molecule has 0 aliphatic heterocycles. The Morgan fingerprint density at radius 3 is 1.88 bits per heavy atom. The van der Waals surface area contributed by atoms with E-state index in [4.69, 9.17) is 9.40 Å². The Hall–Kier alpha value is -9.45. The number of hydrogen-bond donors (Lipinski definition) is 0. The molecule has 16 rings (SSSR count). The van der Waals surface area contributed by atoms with Crippen molar-refractivity contribution in [3.63, 3.8) is 0 Å². The number of benzene rings is 10. The zero-order valence-electron chi connectivity index (χ0n) is 40.8. The number of hydrogen-bond acceptors (Lipinski definition) is 2. The van der Waals surface area contributed by atoms with Crippen LogP contribution in [0, 0.1) is 0 Å². The Morgan fingerprint density at radius 1 is 0.392 bits per heavy atom. The zero-order chi connectivity index (χ0) is 48.8. The molecule has 348 valence electrons. The van der Waals surface area contributed by atoms with Crippen LogP contribution in [-0.4, -0.2) is 18.7 Å². The third-order valence-corrected chi connectivity index (χ3v) is 16.3. The lowest BCUT2D eigenvalue weighted by atomic mass is 9.82. The van der Waals surface area contributed by atoms with Gasteiger partial charge < -0.3 is 13.6 Å². The Labute approximate surface area is 426 Å². The Balaban J connectivity index is 0.767. The second-order valence-electron chi connectivity index (χ2n) is 20.7. The number of fused-ring (bicyclic) bond motifs is 17. The highest BCUT2D eigenvalue weighted by atomic mass is 16.3. The van der Waals surface area contributed by atoms with Crippen molar-refractivity contribution in [3.05, 3.63) is 253 Å². The van der Waals surface area contributed by atoms with Crippen LogP contribution in [0.4, 0.5) is 0 Å². The molecule has 5 heteroatoms. The topological polar surface area (TPSA) is 40.8 Å². The van der Waals surface area contributed by atoms with Gasteiger partial charge in [0, 0.05) is 66.1 Å². The molecule has 0 saturated carbocycles. The first-order valence-electron chi connectivity index (χ1n) is 25.6. The minimum absolute atomic E-state index is 0.0735. The molecule has 5 nitrogen and oxygen atoms in total. The van der Waals surface area contributed by atoms with E-state index < -0.39 is 0 Å². The smallest absolute Gasteiger partial charge is 0.137 e. The van der Waals surface area contributed by atoms with Crippen molar-refractivity contribution in [2.75, 3.05) is 0 Å². The number of rotatable bonds is 6. The number of pyridine rings is 1. The van der Waals surface area contributed by atoms with Crippen LogP contribution in [0.5, 0.6) is 0 Å². The largest absolute Gasteiger partial charge is 0.456 e. The maximum absolute atomic E-state index is 6.43. The molecule has 0 bridgehead atoms.